The van der Waals surface area contributed by atoms with E-state index in [0.717, 1.165) is 21.2 Å². The lowest BCUT2D eigenvalue weighted by Gasteiger charge is -2.05. The highest BCUT2D eigenvalue weighted by Gasteiger charge is 2.23. The van der Waals surface area contributed by atoms with Gasteiger partial charge in [-0.3, -0.25) is 0 Å². The molecule has 0 saturated carbocycles. The number of nitrogens with zero attached hydrogens (tertiary/aromatic N) is 2. The minimum Gasteiger partial charge on any atom is -0.453 e. The van der Waals surface area contributed by atoms with Gasteiger partial charge in [-0.25, -0.2) is 0 Å². The molecule has 1 aliphatic heterocycles. The van der Waals surface area contributed by atoms with Crippen LogP contribution in [0.1, 0.15) is 90.9 Å². The third-order valence-corrected chi connectivity index (χ3v) is 11.0. The first-order valence-electron chi connectivity index (χ1n) is 12.2. The molecule has 0 amide bonds. The van der Waals surface area contributed by atoms with Gasteiger partial charge in [0.1, 0.15) is 17.6 Å². The molecule has 0 fully saturated rings. The summed E-state index contributed by atoms with van der Waals surface area (Å²) >= 11 is 7.54. The van der Waals surface area contributed by atoms with Gasteiger partial charge in [0.2, 0.25) is 0 Å². The zero-order valence-corrected chi connectivity index (χ0v) is 23.3. The van der Waals surface area contributed by atoms with Crippen molar-refractivity contribution in [1.82, 2.24) is 0 Å². The van der Waals surface area contributed by atoms with Crippen LogP contribution in [0.3, 0.4) is 0 Å². The first-order valence-corrected chi connectivity index (χ1v) is 15.8. The summed E-state index contributed by atoms with van der Waals surface area (Å²) in [6.45, 7) is 4.52. The Morgan fingerprint density at radius 2 is 1.24 bits per heavy atom. The van der Waals surface area contributed by atoms with E-state index in [2.05, 4.69) is 13.8 Å². The number of rotatable bonds is 16. The van der Waals surface area contributed by atoms with Gasteiger partial charge in [0.25, 0.3) is 0 Å². The number of hydrogen-bond acceptors (Lipinski definition) is 7. The lowest BCUT2D eigenvalue weighted by atomic mass is 10.1. The van der Waals surface area contributed by atoms with Crippen LogP contribution in [-0.4, -0.2) is 11.5 Å². The highest BCUT2D eigenvalue weighted by atomic mass is 32.3. The van der Waals surface area contributed by atoms with Gasteiger partial charge in [-0.1, -0.05) is 102 Å². The second kappa shape index (κ2) is 17.6. The number of thioether (sulfide) groups is 4. The van der Waals surface area contributed by atoms with Crippen LogP contribution in [0.4, 0.5) is 0 Å². The highest BCUT2D eigenvalue weighted by molar-refractivity contribution is 8.45. The van der Waals surface area contributed by atoms with Crippen molar-refractivity contribution >= 4 is 56.9 Å². The Labute approximate surface area is 216 Å². The van der Waals surface area contributed by atoms with Crippen LogP contribution in [0, 0.1) is 22.7 Å². The zero-order valence-electron chi connectivity index (χ0n) is 20.0. The van der Waals surface area contributed by atoms with Crippen molar-refractivity contribution < 1.29 is 4.42 Å². The average molecular weight is 521 g/mol. The minimum absolute atomic E-state index is 0.0261. The molecule has 0 aliphatic carbocycles. The van der Waals surface area contributed by atoms with E-state index < -0.39 is 0 Å². The van der Waals surface area contributed by atoms with Gasteiger partial charge in [-0.15, -0.1) is 23.5 Å². The standard InChI is InChI=1S/C26H36N2OS4/c1-3-5-7-9-11-13-17-30-25-26(31-18-14-12-10-8-6-4-2)33-24(32-25)23-16-15-22(29-23)21(19-27)20-28/h15-16H,3-14,17-18H2,1-2H3. The van der Waals surface area contributed by atoms with E-state index in [1.165, 1.54) is 85.5 Å². The van der Waals surface area contributed by atoms with Gasteiger partial charge in [0.15, 0.2) is 11.0 Å². The Morgan fingerprint density at radius 3 is 1.73 bits per heavy atom. The Balaban J connectivity index is 1.98. The SMILES string of the molecule is CCCCCCCCSC1=C(SCCCCCCCC)SC(=c2ccc(=C(C#N)C#N)o2)S1. The Kier molecular flexibility index (Phi) is 15.1. The van der Waals surface area contributed by atoms with Gasteiger partial charge < -0.3 is 4.42 Å². The summed E-state index contributed by atoms with van der Waals surface area (Å²) in [5, 5.41) is 18.2. The number of hydrogen-bond donors (Lipinski definition) is 0. The number of unbranched alkanes of at least 4 members (excludes halogenated alkanes) is 10. The molecule has 0 unspecified atom stereocenters. The molecule has 0 atom stereocenters. The summed E-state index contributed by atoms with van der Waals surface area (Å²) < 4.78 is 9.76. The summed E-state index contributed by atoms with van der Waals surface area (Å²) in [5.74, 6) is 2.32. The van der Waals surface area contributed by atoms with Crippen molar-refractivity contribution in [3.63, 3.8) is 0 Å². The van der Waals surface area contributed by atoms with Gasteiger partial charge in [0, 0.05) is 0 Å². The number of nitriles is 2. The molecule has 1 aromatic heterocycles. The molecule has 0 N–H and O–H groups in total. The van der Waals surface area contributed by atoms with E-state index in [-0.39, 0.29) is 5.57 Å². The molecule has 1 aliphatic rings. The first-order chi connectivity index (χ1) is 16.2. The molecule has 180 valence electrons. The molecule has 0 radical (unpaired) electrons. The maximum absolute atomic E-state index is 9.11. The van der Waals surface area contributed by atoms with Crippen molar-refractivity contribution in [2.24, 2.45) is 0 Å². The lowest BCUT2D eigenvalue weighted by molar-refractivity contribution is 0.501. The fourth-order valence-electron chi connectivity index (χ4n) is 3.36. The summed E-state index contributed by atoms with van der Waals surface area (Å²) in [5.41, 5.74) is 1.15. The van der Waals surface area contributed by atoms with Crippen LogP contribution in [0.5, 0.6) is 0 Å². The van der Waals surface area contributed by atoms with Crippen molar-refractivity contribution in [1.29, 1.82) is 10.5 Å². The monoisotopic (exact) mass is 520 g/mol. The molecular weight excluding hydrogens is 485 g/mol. The molecule has 0 spiro atoms. The van der Waals surface area contributed by atoms with Crippen LogP contribution in [0.25, 0.3) is 9.81 Å². The van der Waals surface area contributed by atoms with Crippen LogP contribution in [-0.2, 0) is 0 Å². The predicted octanol–water partition coefficient (Wildman–Crippen LogP) is 8.34. The molecule has 1 aromatic rings. The van der Waals surface area contributed by atoms with E-state index in [1.807, 2.05) is 41.7 Å². The molecule has 0 bridgehead atoms. The second-order valence-corrected chi connectivity index (χ2v) is 13.1. The van der Waals surface area contributed by atoms with E-state index in [0.29, 0.717) is 5.42 Å². The van der Waals surface area contributed by atoms with Gasteiger partial charge >= 0.3 is 0 Å². The normalized spacial score (nSPS) is 13.4. The molecule has 7 heteroatoms. The summed E-state index contributed by atoms with van der Waals surface area (Å²) in [4.78, 5) is 0. The Bertz CT molecular complexity index is 904. The van der Waals surface area contributed by atoms with Crippen molar-refractivity contribution in [2.45, 2.75) is 90.9 Å². The molecular formula is C26H36N2OS4. The second-order valence-electron chi connectivity index (χ2n) is 8.06. The van der Waals surface area contributed by atoms with Crippen LogP contribution in [0.2, 0.25) is 0 Å². The van der Waals surface area contributed by atoms with E-state index >= 15 is 0 Å². The molecule has 3 nitrogen and oxygen atoms in total. The smallest absolute Gasteiger partial charge is 0.172 e. The highest BCUT2D eigenvalue weighted by Crippen LogP contribution is 2.57. The Morgan fingerprint density at radius 1 is 0.758 bits per heavy atom. The van der Waals surface area contributed by atoms with Gasteiger partial charge in [-0.05, 0) is 36.5 Å². The van der Waals surface area contributed by atoms with E-state index in [9.17, 15) is 0 Å². The fourth-order valence-corrected chi connectivity index (χ4v) is 9.25. The average Bonchev–Trinajstić information content (AvgIpc) is 3.46. The lowest BCUT2D eigenvalue weighted by Crippen LogP contribution is -2.03. The first kappa shape index (κ1) is 28.4. The molecule has 0 aromatic carbocycles. The topological polar surface area (TPSA) is 60.7 Å². The summed E-state index contributed by atoms with van der Waals surface area (Å²) in [6, 6.07) is 7.45. The number of furan rings is 1. The maximum Gasteiger partial charge on any atom is 0.172 e. The van der Waals surface area contributed by atoms with Crippen LogP contribution < -0.4 is 10.8 Å². The molecule has 33 heavy (non-hydrogen) atoms. The molecule has 0 saturated heterocycles. The fraction of sp³-hybridized carbons (Fsp3) is 0.615. The summed E-state index contributed by atoms with van der Waals surface area (Å²) in [6.07, 6.45) is 15.9. The van der Waals surface area contributed by atoms with Crippen LogP contribution in [0.15, 0.2) is 25.0 Å². The van der Waals surface area contributed by atoms with Crippen molar-refractivity contribution in [2.75, 3.05) is 11.5 Å². The van der Waals surface area contributed by atoms with Crippen molar-refractivity contribution in [3.05, 3.63) is 31.4 Å². The maximum atomic E-state index is 9.11. The third kappa shape index (κ3) is 10.5. The quantitative estimate of drug-likeness (QED) is 0.203. The summed E-state index contributed by atoms with van der Waals surface area (Å²) in [7, 11) is 0. The van der Waals surface area contributed by atoms with Crippen LogP contribution >= 0.6 is 47.0 Å². The van der Waals surface area contributed by atoms with Crippen molar-refractivity contribution in [3.8, 4) is 12.1 Å². The van der Waals surface area contributed by atoms with Gasteiger partial charge in [-0.2, -0.15) is 10.5 Å². The predicted molar refractivity (Wildman–Crippen MR) is 150 cm³/mol. The zero-order chi connectivity index (χ0) is 23.7. The van der Waals surface area contributed by atoms with E-state index in [4.69, 9.17) is 14.9 Å². The molecule has 2 heterocycles. The third-order valence-electron chi connectivity index (χ3n) is 5.28. The largest absolute Gasteiger partial charge is 0.453 e. The van der Waals surface area contributed by atoms with E-state index in [1.54, 1.807) is 29.6 Å². The minimum atomic E-state index is 0.0261. The van der Waals surface area contributed by atoms with Gasteiger partial charge in [0.05, 0.1) is 12.7 Å². The Hall–Kier alpha value is -0.860. The molecule has 2 rings (SSSR count).